The van der Waals surface area contributed by atoms with Gasteiger partial charge in [0, 0.05) is 17.8 Å². The quantitative estimate of drug-likeness (QED) is 0.149. The Morgan fingerprint density at radius 2 is 1.63 bits per heavy atom. The Morgan fingerprint density at radius 3 is 2.28 bits per heavy atom. The van der Waals surface area contributed by atoms with Gasteiger partial charge < -0.3 is 34.5 Å². The average molecular weight is 669 g/mol. The number of phosphoric acid groups is 3. The zero-order valence-corrected chi connectivity index (χ0v) is 24.0. The van der Waals surface area contributed by atoms with Crippen LogP contribution in [0.4, 0.5) is 4.39 Å². The molecule has 0 aliphatic carbocycles. The van der Waals surface area contributed by atoms with Gasteiger partial charge in [-0.05, 0) is 11.6 Å². The monoisotopic (exact) mass is 669 g/mol. The minimum Gasteiger partial charge on any atom is -0.387 e. The molecule has 6 N–H and O–H groups in total. The van der Waals surface area contributed by atoms with Crippen LogP contribution in [0.3, 0.4) is 0 Å². The lowest BCUT2D eigenvalue weighted by Gasteiger charge is -2.19. The molecule has 1 fully saturated rings. The predicted octanol–water partition coefficient (Wildman–Crippen LogP) is 0.222. The van der Waals surface area contributed by atoms with E-state index < -0.39 is 78.2 Å². The van der Waals surface area contributed by atoms with E-state index in [0.717, 1.165) is 23.0 Å². The summed E-state index contributed by atoms with van der Waals surface area (Å²) < 4.78 is 67.0. The van der Waals surface area contributed by atoms with Gasteiger partial charge in [-0.1, -0.05) is 30.3 Å². The summed E-state index contributed by atoms with van der Waals surface area (Å²) in [6, 6.07) is 10.7. The van der Waals surface area contributed by atoms with E-state index in [4.69, 9.17) is 14.5 Å². The highest BCUT2D eigenvalue weighted by atomic mass is 31.3. The lowest BCUT2D eigenvalue weighted by molar-refractivity contribution is -0.0547. The fourth-order valence-electron chi connectivity index (χ4n) is 4.01. The van der Waals surface area contributed by atoms with E-state index in [1.54, 1.807) is 30.3 Å². The Hall–Kier alpha value is -2.73. The summed E-state index contributed by atoms with van der Waals surface area (Å²) in [4.78, 5) is 65.7. The van der Waals surface area contributed by atoms with Crippen molar-refractivity contribution < 1.29 is 65.8 Å². The number of halogens is 1. The van der Waals surface area contributed by atoms with E-state index >= 15 is 0 Å². The van der Waals surface area contributed by atoms with Crippen molar-refractivity contribution in [3.05, 3.63) is 87.2 Å². The molecular weight excluding hydrogens is 646 g/mol. The maximum Gasteiger partial charge on any atom is 0.490 e. The Bertz CT molecular complexity index is 1750. The zero-order valence-electron chi connectivity index (χ0n) is 21.3. The van der Waals surface area contributed by atoms with Crippen molar-refractivity contribution in [1.82, 2.24) is 14.1 Å². The van der Waals surface area contributed by atoms with E-state index in [9.17, 15) is 47.7 Å². The maximum absolute atomic E-state index is 14.4. The van der Waals surface area contributed by atoms with Gasteiger partial charge in [-0.2, -0.15) is 8.62 Å². The second kappa shape index (κ2) is 12.7. The summed E-state index contributed by atoms with van der Waals surface area (Å²) >= 11 is 0. The van der Waals surface area contributed by atoms with Gasteiger partial charge in [0.15, 0.2) is 6.23 Å². The second-order valence-corrected chi connectivity index (χ2v) is 13.3. The van der Waals surface area contributed by atoms with Gasteiger partial charge in [-0.3, -0.25) is 23.4 Å². The smallest absolute Gasteiger partial charge is 0.387 e. The molecule has 234 valence electrons. The van der Waals surface area contributed by atoms with Gasteiger partial charge >= 0.3 is 29.2 Å². The topological polar surface area (TPSA) is 266 Å². The molecule has 0 saturated carbocycles. The van der Waals surface area contributed by atoms with Gasteiger partial charge in [-0.15, -0.1) is 0 Å². The van der Waals surface area contributed by atoms with E-state index in [0.29, 0.717) is 10.1 Å². The summed E-state index contributed by atoms with van der Waals surface area (Å²) in [7, 11) is -17.0. The molecule has 4 unspecified atom stereocenters. The molecule has 0 amide bonds. The first kappa shape index (κ1) is 33.2. The molecule has 3 heterocycles. The molecule has 22 heteroatoms. The number of aromatic nitrogens is 3. The van der Waals surface area contributed by atoms with Crippen LogP contribution in [0, 0.1) is 5.82 Å². The maximum atomic E-state index is 14.4. The minimum atomic E-state index is -5.81. The molecule has 6 atom stereocenters. The number of aliphatic hydroxyl groups excluding tert-OH is 2. The molecule has 2 aromatic heterocycles. The third-order valence-electron chi connectivity index (χ3n) is 5.84. The molecule has 0 radical (unpaired) electrons. The summed E-state index contributed by atoms with van der Waals surface area (Å²) in [5, 5.41) is 20.9. The SMILES string of the molecule is O=c1ccn([C@@H]2O[C@H](COP(=O)(O)OP(=O)(O)OP(=O)(O)O)C(O)C2O)c(=O)n1Cc1cc(-c2ccccc2)c(F)cn1. The zero-order chi connectivity index (χ0) is 31.7. The molecule has 43 heavy (non-hydrogen) atoms. The Labute approximate surface area is 239 Å². The number of hydrogen-bond acceptors (Lipinski definition) is 12. The molecule has 0 spiro atoms. The summed E-state index contributed by atoms with van der Waals surface area (Å²) in [5.41, 5.74) is -1.05. The lowest BCUT2D eigenvalue weighted by Crippen LogP contribution is -2.43. The van der Waals surface area contributed by atoms with E-state index in [1.807, 2.05) is 0 Å². The first-order chi connectivity index (χ1) is 20.0. The van der Waals surface area contributed by atoms with Gasteiger partial charge in [0.1, 0.15) is 24.1 Å². The van der Waals surface area contributed by atoms with Crippen molar-refractivity contribution in [3.63, 3.8) is 0 Å². The number of rotatable bonds is 11. The number of benzene rings is 1. The summed E-state index contributed by atoms with van der Waals surface area (Å²) in [5.74, 6) is -0.647. The van der Waals surface area contributed by atoms with E-state index in [-0.39, 0.29) is 11.3 Å². The first-order valence-electron chi connectivity index (χ1n) is 11.8. The highest BCUT2D eigenvalue weighted by Crippen LogP contribution is 2.66. The molecule has 4 rings (SSSR count). The number of hydrogen-bond donors (Lipinski definition) is 6. The van der Waals surface area contributed by atoms with Crippen LogP contribution in [0.25, 0.3) is 11.1 Å². The van der Waals surface area contributed by atoms with Crippen molar-refractivity contribution in [2.45, 2.75) is 31.1 Å². The van der Waals surface area contributed by atoms with E-state index in [2.05, 4.69) is 18.1 Å². The molecule has 0 bridgehead atoms. The Morgan fingerprint density at radius 1 is 0.953 bits per heavy atom. The molecular formula is C21H23FN3O15P3. The van der Waals surface area contributed by atoms with Gasteiger partial charge in [0.2, 0.25) is 0 Å². The predicted molar refractivity (Wildman–Crippen MR) is 139 cm³/mol. The largest absolute Gasteiger partial charge is 0.490 e. The van der Waals surface area contributed by atoms with Crippen molar-refractivity contribution in [1.29, 1.82) is 0 Å². The van der Waals surface area contributed by atoms with Crippen LogP contribution in [0.2, 0.25) is 0 Å². The average Bonchev–Trinajstić information content (AvgIpc) is 3.18. The third-order valence-corrected chi connectivity index (χ3v) is 9.64. The fourth-order valence-corrected chi connectivity index (χ4v) is 7.04. The van der Waals surface area contributed by atoms with Crippen LogP contribution >= 0.6 is 23.5 Å². The normalized spacial score (nSPS) is 23.5. The Kier molecular flexibility index (Phi) is 9.80. The highest BCUT2D eigenvalue weighted by molar-refractivity contribution is 7.66. The fraction of sp³-hybridized carbons (Fsp3) is 0.286. The van der Waals surface area contributed by atoms with Gasteiger partial charge in [-0.25, -0.2) is 22.9 Å². The second-order valence-electron chi connectivity index (χ2n) is 8.88. The first-order valence-corrected chi connectivity index (χ1v) is 16.3. The molecule has 1 saturated heterocycles. The standard InChI is InChI=1S/C21H23FN3O15P3/c22-15-9-23-13(8-14(15)12-4-2-1-3-5-12)10-25-17(26)6-7-24(21(25)29)20-19(28)18(27)16(38-20)11-37-42(33,34)40-43(35,36)39-41(30,31)32/h1-9,16,18-20,27-28H,10-11H2,(H,33,34)(H,35,36)(H2,30,31,32)/t16-,18?,19?,20-/m1/s1. The van der Waals surface area contributed by atoms with Crippen molar-refractivity contribution in [3.8, 4) is 11.1 Å². The highest BCUT2D eigenvalue weighted by Gasteiger charge is 2.47. The summed E-state index contributed by atoms with van der Waals surface area (Å²) in [6.07, 6.45) is -5.27. The minimum absolute atomic E-state index is 0.124. The van der Waals surface area contributed by atoms with Crippen molar-refractivity contribution >= 4 is 23.5 Å². The summed E-state index contributed by atoms with van der Waals surface area (Å²) in [6.45, 7) is -1.55. The lowest BCUT2D eigenvalue weighted by atomic mass is 10.1. The number of nitrogens with zero attached hydrogens (tertiary/aromatic N) is 3. The van der Waals surface area contributed by atoms with Crippen LogP contribution in [0.15, 0.2) is 64.4 Å². The molecule has 1 aromatic carbocycles. The number of aliphatic hydroxyl groups is 2. The van der Waals surface area contributed by atoms with Crippen LogP contribution < -0.4 is 11.2 Å². The van der Waals surface area contributed by atoms with Gasteiger partial charge in [0.05, 0.1) is 25.0 Å². The van der Waals surface area contributed by atoms with Gasteiger partial charge in [0.25, 0.3) is 5.56 Å². The third kappa shape index (κ3) is 8.26. The molecule has 18 nitrogen and oxygen atoms in total. The number of pyridine rings is 1. The van der Waals surface area contributed by atoms with E-state index in [1.165, 1.54) is 6.07 Å². The van der Waals surface area contributed by atoms with Crippen molar-refractivity contribution in [2.24, 2.45) is 0 Å². The van der Waals surface area contributed by atoms with Crippen molar-refractivity contribution in [2.75, 3.05) is 6.61 Å². The molecule has 1 aliphatic heterocycles. The van der Waals surface area contributed by atoms with Crippen LogP contribution in [-0.4, -0.2) is 68.8 Å². The van der Waals surface area contributed by atoms with Crippen LogP contribution in [-0.2, 0) is 38.1 Å². The van der Waals surface area contributed by atoms with Crippen LogP contribution in [0.5, 0.6) is 0 Å². The Balaban J connectivity index is 1.52. The van der Waals surface area contributed by atoms with Crippen LogP contribution in [0.1, 0.15) is 11.9 Å². The number of ether oxygens (including phenoxy) is 1. The number of phosphoric ester groups is 1. The molecule has 3 aromatic rings. The molecule has 1 aliphatic rings.